The Kier molecular flexibility index (Phi) is 10.9. The molecule has 1 atom stereocenters. The Hall–Kier alpha value is 1.30. The van der Waals surface area contributed by atoms with E-state index in [4.69, 9.17) is 4.43 Å². The summed E-state index contributed by atoms with van der Waals surface area (Å²) in [4.78, 5) is 0. The van der Waals surface area contributed by atoms with Gasteiger partial charge in [0.05, 0.1) is 0 Å². The van der Waals surface area contributed by atoms with Crippen LogP contribution in [0.4, 0.5) is 0 Å². The summed E-state index contributed by atoms with van der Waals surface area (Å²) in [5, 5.41) is 0. The van der Waals surface area contributed by atoms with Gasteiger partial charge >= 0.3 is 143 Å². The fourth-order valence-corrected chi connectivity index (χ4v) is 19.1. The van der Waals surface area contributed by atoms with Crippen molar-refractivity contribution >= 4 is 40.0 Å². The molecule has 0 bridgehead atoms. The summed E-state index contributed by atoms with van der Waals surface area (Å²) in [5.74, 6) is 0.629. The molecule has 24 heavy (non-hydrogen) atoms. The van der Waals surface area contributed by atoms with Gasteiger partial charge in [0.15, 0.2) is 0 Å². The van der Waals surface area contributed by atoms with Crippen LogP contribution in [0.1, 0.15) is 34.1 Å². The smallest absolute Gasteiger partial charge is 0.147 e. The van der Waals surface area contributed by atoms with E-state index < -0.39 is 26.0 Å². The van der Waals surface area contributed by atoms with Gasteiger partial charge in [0, 0.05) is 0 Å². The number of nitrogens with one attached hydrogen (secondary N) is 1. The Labute approximate surface area is 166 Å². The van der Waals surface area contributed by atoms with Gasteiger partial charge in [-0.3, -0.25) is 0 Å². The van der Waals surface area contributed by atoms with Crippen LogP contribution in [-0.4, -0.2) is 28.3 Å². The van der Waals surface area contributed by atoms with E-state index in [1.165, 1.54) is 5.57 Å². The molecule has 1 aliphatic carbocycles. The minimum atomic E-state index is -2.97. The standard InChI is InChI=1S/C9H13.C6H16NOSi.2CH3.2ClH.H2Si.Zr/c1-6-5-7(2)9(4)8(6)3;1-9(2,3)8-6-4-5-7;;;;;;/h6H,1-4H3;7H,4-6H2,1-3H3;2*1H3;2*1H;1H2;/q;-1;;;;;;+1. The van der Waals surface area contributed by atoms with Gasteiger partial charge in [0.1, 0.15) is 0 Å². The minimum absolute atomic E-state index is 0. The van der Waals surface area contributed by atoms with Crippen LogP contribution in [0.2, 0.25) is 28.9 Å². The molecule has 0 radical (unpaired) electrons. The third-order valence-electron chi connectivity index (χ3n) is 5.05. The Morgan fingerprint density at radius 3 is 1.96 bits per heavy atom. The van der Waals surface area contributed by atoms with Crippen LogP contribution in [0.5, 0.6) is 0 Å². The average molecular weight is 492 g/mol. The van der Waals surface area contributed by atoms with Crippen molar-refractivity contribution in [1.82, 2.24) is 3.26 Å². The van der Waals surface area contributed by atoms with E-state index in [2.05, 4.69) is 66.7 Å². The van der Waals surface area contributed by atoms with Crippen LogP contribution >= 0.6 is 24.8 Å². The maximum absolute atomic E-state index is 5.98. The molecule has 0 saturated heterocycles. The van der Waals surface area contributed by atoms with Crippen LogP contribution in [0.15, 0.2) is 20.0 Å². The maximum Gasteiger partial charge on any atom is -0.147 e. The SMILES string of the molecule is CC1=C(C)C(C)[C]([Zr]([CH3])([CH3])(=[SiH2])[NH]CCCO[Si](C)(C)C)=C1C.Cl.Cl. The van der Waals surface area contributed by atoms with Crippen LogP contribution in [-0.2, 0) is 22.1 Å². The monoisotopic (exact) mass is 489 g/mol. The molecule has 1 unspecified atom stereocenters. The molecule has 1 rings (SSSR count). The third kappa shape index (κ3) is 7.13. The van der Waals surface area contributed by atoms with Crippen molar-refractivity contribution in [2.24, 2.45) is 5.92 Å². The molecule has 144 valence electrons. The number of allylic oxidation sites excluding steroid dienone is 4. The van der Waals surface area contributed by atoms with Gasteiger partial charge in [0.2, 0.25) is 0 Å². The number of hydrogen-bond acceptors (Lipinski definition) is 2. The summed E-state index contributed by atoms with van der Waals surface area (Å²) in [6.07, 6.45) is 1.13. The Balaban J connectivity index is 0. The van der Waals surface area contributed by atoms with Crippen molar-refractivity contribution in [3.05, 3.63) is 20.0 Å². The van der Waals surface area contributed by atoms with Crippen LogP contribution in [0.3, 0.4) is 0 Å². The van der Waals surface area contributed by atoms with E-state index in [-0.39, 0.29) is 24.8 Å². The van der Waals surface area contributed by atoms with Gasteiger partial charge in [0.25, 0.3) is 0 Å². The second kappa shape index (κ2) is 9.48. The van der Waals surface area contributed by atoms with Gasteiger partial charge in [-0.25, -0.2) is 0 Å². The fourth-order valence-electron chi connectivity index (χ4n) is 3.69. The molecular weight excluding hydrogens is 452 g/mol. The van der Waals surface area contributed by atoms with Gasteiger partial charge < -0.3 is 0 Å². The zero-order valence-electron chi connectivity index (χ0n) is 17.1. The molecule has 0 spiro atoms. The molecule has 1 N–H and O–H groups in total. The van der Waals surface area contributed by atoms with Gasteiger partial charge in [-0.15, -0.1) is 24.8 Å². The summed E-state index contributed by atoms with van der Waals surface area (Å²) < 4.78 is 16.9. The van der Waals surface area contributed by atoms with Crippen molar-refractivity contribution in [2.45, 2.75) is 63.0 Å². The second-order valence-electron chi connectivity index (χ2n) is 9.00. The molecule has 7 heteroatoms. The molecule has 0 saturated carbocycles. The van der Waals surface area contributed by atoms with Crippen LogP contribution in [0, 0.1) is 5.92 Å². The average Bonchev–Trinajstić information content (AvgIpc) is 2.51. The second-order valence-corrected chi connectivity index (χ2v) is 41.5. The van der Waals surface area contributed by atoms with Gasteiger partial charge in [-0.1, -0.05) is 0 Å². The summed E-state index contributed by atoms with van der Waals surface area (Å²) in [7, 11) is -1.36. The van der Waals surface area contributed by atoms with E-state index in [1.54, 1.807) is 14.4 Å². The van der Waals surface area contributed by atoms with E-state index in [1.807, 2.05) is 0 Å². The van der Waals surface area contributed by atoms with Crippen molar-refractivity contribution in [2.75, 3.05) is 13.2 Å². The Morgan fingerprint density at radius 2 is 1.58 bits per heavy atom. The molecular formula is C17H39Cl2NOSi2Zr. The van der Waals surface area contributed by atoms with Crippen molar-refractivity contribution in [1.29, 1.82) is 0 Å². The minimum Gasteiger partial charge on any atom is -0.147 e. The predicted octanol–water partition coefficient (Wildman–Crippen LogP) is 5.17. The third-order valence-corrected chi connectivity index (χ3v) is 19.5. The Bertz CT molecular complexity index is 574. The van der Waals surface area contributed by atoms with E-state index >= 15 is 0 Å². The maximum atomic E-state index is 5.98. The molecule has 0 fully saturated rings. The first-order valence-corrected chi connectivity index (χ1v) is 25.3. The summed E-state index contributed by atoms with van der Waals surface area (Å²) >= 11 is -2.97. The quantitative estimate of drug-likeness (QED) is 0.392. The van der Waals surface area contributed by atoms with Crippen molar-refractivity contribution in [3.63, 3.8) is 0 Å². The Morgan fingerprint density at radius 1 is 1.08 bits per heavy atom. The number of rotatable bonds is 7. The molecule has 2 nitrogen and oxygen atoms in total. The first kappa shape index (κ1) is 27.5. The predicted molar refractivity (Wildman–Crippen MR) is 117 cm³/mol. The molecule has 0 heterocycles. The first-order valence-electron chi connectivity index (χ1n) is 8.60. The fraction of sp³-hybridized carbons (Fsp3) is 0.765. The van der Waals surface area contributed by atoms with Gasteiger partial charge in [-0.05, 0) is 0 Å². The first-order chi connectivity index (χ1) is 9.75. The summed E-state index contributed by atoms with van der Waals surface area (Å²) in [5.41, 5.74) is 4.68. The zero-order chi connectivity index (χ0) is 17.4. The molecule has 0 aromatic heterocycles. The molecule has 0 aromatic rings. The molecule has 0 amide bonds. The van der Waals surface area contributed by atoms with E-state index in [0.29, 0.717) is 5.92 Å². The number of hydrogen-bond donors (Lipinski definition) is 1. The zero-order valence-corrected chi connectivity index (χ0v) is 23.6. The molecule has 1 aliphatic rings. The number of halogens is 2. The van der Waals surface area contributed by atoms with Crippen molar-refractivity contribution in [3.8, 4) is 0 Å². The normalized spacial score (nSPS) is 19.3. The van der Waals surface area contributed by atoms with Crippen LogP contribution in [0.25, 0.3) is 0 Å². The largest absolute Gasteiger partial charge is 0.147 e. The molecule has 0 aromatic carbocycles. The van der Waals surface area contributed by atoms with Gasteiger partial charge in [-0.2, -0.15) is 0 Å². The van der Waals surface area contributed by atoms with E-state index in [9.17, 15) is 0 Å². The van der Waals surface area contributed by atoms with Crippen LogP contribution < -0.4 is 3.26 Å². The summed E-state index contributed by atoms with van der Waals surface area (Å²) in [6.45, 7) is 20.4. The van der Waals surface area contributed by atoms with Crippen molar-refractivity contribution < 1.29 is 22.1 Å². The summed E-state index contributed by atoms with van der Waals surface area (Å²) in [6, 6.07) is 0. The molecule has 0 aliphatic heterocycles. The van der Waals surface area contributed by atoms with E-state index in [0.717, 1.165) is 19.6 Å². The topological polar surface area (TPSA) is 21.3 Å².